The first-order chi connectivity index (χ1) is 12.4. The Bertz CT molecular complexity index is 858. The van der Waals surface area contributed by atoms with E-state index in [1.807, 2.05) is 36.4 Å². The molecule has 0 atom stereocenters. The average Bonchev–Trinajstić information content (AvgIpc) is 2.63. The van der Waals surface area contributed by atoms with Crippen LogP contribution in [0.25, 0.3) is 5.57 Å². The van der Waals surface area contributed by atoms with Gasteiger partial charge in [0.2, 0.25) is 0 Å². The third-order valence-corrected chi connectivity index (χ3v) is 5.82. The van der Waals surface area contributed by atoms with E-state index in [2.05, 4.69) is 17.7 Å². The lowest BCUT2D eigenvalue weighted by Crippen LogP contribution is -2.35. The number of anilines is 2. The summed E-state index contributed by atoms with van der Waals surface area (Å²) < 4.78 is 29.1. The molecule has 0 fully saturated rings. The lowest BCUT2D eigenvalue weighted by molar-refractivity contribution is 0.449. The van der Waals surface area contributed by atoms with Gasteiger partial charge in [-0.25, -0.2) is 0 Å². The Morgan fingerprint density at radius 3 is 2.27 bits per heavy atom. The molecule has 140 valence electrons. The Kier molecular flexibility index (Phi) is 6.83. The number of hydrogen-bond acceptors (Lipinski definition) is 3. The molecular weight excluding hydrogens is 346 g/mol. The topological polar surface area (TPSA) is 75.4 Å². The van der Waals surface area contributed by atoms with Crippen molar-refractivity contribution in [2.75, 3.05) is 23.5 Å². The summed E-state index contributed by atoms with van der Waals surface area (Å²) in [5.74, 6) is 0. The van der Waals surface area contributed by atoms with Crippen molar-refractivity contribution in [2.45, 2.75) is 27.2 Å². The monoisotopic (exact) mass is 373 g/mol. The van der Waals surface area contributed by atoms with Gasteiger partial charge in [0.25, 0.3) is 0 Å². The molecule has 0 heterocycles. The van der Waals surface area contributed by atoms with Gasteiger partial charge in [-0.1, -0.05) is 63.2 Å². The van der Waals surface area contributed by atoms with Gasteiger partial charge < -0.3 is 5.73 Å². The van der Waals surface area contributed by atoms with E-state index in [1.165, 1.54) is 4.31 Å². The molecule has 0 saturated heterocycles. The smallest absolute Gasteiger partial charge is 0.301 e. The standard InChI is InChI=1S/C20H27N3O2S/c1-4-10-18(16-11-8-7-9-12-16)17-13-14-19(21)20(15-17)22-26(24,25)23(5-2)6-3/h7-15,22H,4-6,21H2,1-3H3. The van der Waals surface area contributed by atoms with E-state index >= 15 is 0 Å². The maximum absolute atomic E-state index is 12.5. The highest BCUT2D eigenvalue weighted by Gasteiger charge is 2.20. The molecule has 0 spiro atoms. The largest absolute Gasteiger partial charge is 0.397 e. The summed E-state index contributed by atoms with van der Waals surface area (Å²) in [6.45, 7) is 6.48. The van der Waals surface area contributed by atoms with Gasteiger partial charge in [-0.2, -0.15) is 12.7 Å². The molecule has 0 bridgehead atoms. The Balaban J connectivity index is 2.45. The number of nitrogens with one attached hydrogen (secondary N) is 1. The molecule has 2 aromatic rings. The van der Waals surface area contributed by atoms with E-state index in [0.717, 1.165) is 23.1 Å². The van der Waals surface area contributed by atoms with Gasteiger partial charge in [-0.3, -0.25) is 4.72 Å². The van der Waals surface area contributed by atoms with Gasteiger partial charge in [0.05, 0.1) is 11.4 Å². The van der Waals surface area contributed by atoms with Crippen LogP contribution in [0.3, 0.4) is 0 Å². The van der Waals surface area contributed by atoms with Crippen molar-refractivity contribution in [3.8, 4) is 0 Å². The van der Waals surface area contributed by atoms with Crippen LogP contribution in [0.15, 0.2) is 54.6 Å². The Hall–Kier alpha value is -2.31. The maximum Gasteiger partial charge on any atom is 0.301 e. The SMILES string of the molecule is CCC=C(c1ccccc1)c1ccc(N)c(NS(=O)(=O)N(CC)CC)c1. The minimum Gasteiger partial charge on any atom is -0.397 e. The minimum atomic E-state index is -3.63. The number of nitrogens with two attached hydrogens (primary N) is 1. The quantitative estimate of drug-likeness (QED) is 0.684. The van der Waals surface area contributed by atoms with Crippen LogP contribution in [0.2, 0.25) is 0 Å². The summed E-state index contributed by atoms with van der Waals surface area (Å²) in [4.78, 5) is 0. The number of rotatable bonds is 8. The number of nitrogen functional groups attached to an aromatic ring is 1. The first kappa shape index (κ1) is 20.0. The van der Waals surface area contributed by atoms with Gasteiger partial charge in [0, 0.05) is 13.1 Å². The molecule has 0 radical (unpaired) electrons. The van der Waals surface area contributed by atoms with E-state index in [-0.39, 0.29) is 0 Å². The van der Waals surface area contributed by atoms with Crippen LogP contribution in [0.1, 0.15) is 38.3 Å². The van der Waals surface area contributed by atoms with Crippen LogP contribution in [0, 0.1) is 0 Å². The molecule has 26 heavy (non-hydrogen) atoms. The molecule has 0 aliphatic carbocycles. The van der Waals surface area contributed by atoms with Gasteiger partial charge in [0.1, 0.15) is 0 Å². The molecule has 0 amide bonds. The first-order valence-electron chi connectivity index (χ1n) is 8.86. The number of allylic oxidation sites excluding steroid dienone is 1. The van der Waals surface area contributed by atoms with E-state index in [4.69, 9.17) is 5.73 Å². The minimum absolute atomic E-state index is 0.396. The summed E-state index contributed by atoms with van der Waals surface area (Å²) >= 11 is 0. The molecular formula is C20H27N3O2S. The molecule has 0 aliphatic rings. The van der Waals surface area contributed by atoms with Crippen molar-refractivity contribution in [3.63, 3.8) is 0 Å². The summed E-state index contributed by atoms with van der Waals surface area (Å²) in [6, 6.07) is 15.5. The van der Waals surface area contributed by atoms with E-state index in [0.29, 0.717) is 24.5 Å². The normalized spacial score (nSPS) is 12.4. The first-order valence-corrected chi connectivity index (χ1v) is 10.3. The van der Waals surface area contributed by atoms with Crippen LogP contribution in [0.5, 0.6) is 0 Å². The zero-order valence-corrected chi connectivity index (χ0v) is 16.4. The van der Waals surface area contributed by atoms with Crippen LogP contribution in [0.4, 0.5) is 11.4 Å². The average molecular weight is 374 g/mol. The van der Waals surface area contributed by atoms with Crippen LogP contribution < -0.4 is 10.5 Å². The molecule has 0 aromatic heterocycles. The van der Waals surface area contributed by atoms with Crippen molar-refractivity contribution in [1.82, 2.24) is 4.31 Å². The van der Waals surface area contributed by atoms with Crippen LogP contribution in [-0.2, 0) is 10.2 Å². The zero-order valence-electron chi connectivity index (χ0n) is 15.6. The van der Waals surface area contributed by atoms with E-state index < -0.39 is 10.2 Å². The highest BCUT2D eigenvalue weighted by molar-refractivity contribution is 7.90. The fourth-order valence-corrected chi connectivity index (χ4v) is 4.07. The summed E-state index contributed by atoms with van der Waals surface area (Å²) in [5, 5.41) is 0. The Labute approximate surface area is 156 Å². The fraction of sp³-hybridized carbons (Fsp3) is 0.300. The molecule has 0 aliphatic heterocycles. The Morgan fingerprint density at radius 2 is 1.69 bits per heavy atom. The summed E-state index contributed by atoms with van der Waals surface area (Å²) in [7, 11) is -3.63. The van der Waals surface area contributed by atoms with Crippen molar-refractivity contribution >= 4 is 27.2 Å². The molecule has 3 N–H and O–H groups in total. The third kappa shape index (κ3) is 4.65. The highest BCUT2D eigenvalue weighted by Crippen LogP contribution is 2.30. The fourth-order valence-electron chi connectivity index (χ4n) is 2.80. The second kappa shape index (κ2) is 8.87. The number of benzene rings is 2. The maximum atomic E-state index is 12.5. The Morgan fingerprint density at radius 1 is 1.04 bits per heavy atom. The van der Waals surface area contributed by atoms with Crippen molar-refractivity contribution in [3.05, 3.63) is 65.7 Å². The number of nitrogens with zero attached hydrogens (tertiary/aromatic N) is 1. The molecule has 0 saturated carbocycles. The van der Waals surface area contributed by atoms with Crippen molar-refractivity contribution < 1.29 is 8.42 Å². The second-order valence-electron chi connectivity index (χ2n) is 5.89. The second-order valence-corrected chi connectivity index (χ2v) is 7.56. The van der Waals surface area contributed by atoms with E-state index in [9.17, 15) is 8.42 Å². The molecule has 5 nitrogen and oxygen atoms in total. The van der Waals surface area contributed by atoms with E-state index in [1.54, 1.807) is 26.0 Å². The van der Waals surface area contributed by atoms with Crippen molar-refractivity contribution in [2.24, 2.45) is 0 Å². The zero-order chi connectivity index (χ0) is 19.2. The summed E-state index contributed by atoms with van der Waals surface area (Å²) in [6.07, 6.45) is 3.00. The number of hydrogen-bond donors (Lipinski definition) is 2. The third-order valence-electron chi connectivity index (χ3n) is 4.14. The molecule has 6 heteroatoms. The predicted molar refractivity (Wildman–Crippen MR) is 110 cm³/mol. The molecule has 0 unspecified atom stereocenters. The van der Waals surface area contributed by atoms with Crippen LogP contribution in [-0.4, -0.2) is 25.8 Å². The predicted octanol–water partition coefficient (Wildman–Crippen LogP) is 4.11. The van der Waals surface area contributed by atoms with Gasteiger partial charge in [-0.05, 0) is 35.3 Å². The molecule has 2 rings (SSSR count). The van der Waals surface area contributed by atoms with Gasteiger partial charge >= 0.3 is 10.2 Å². The lowest BCUT2D eigenvalue weighted by Gasteiger charge is -2.21. The lowest BCUT2D eigenvalue weighted by atomic mass is 9.96. The van der Waals surface area contributed by atoms with Gasteiger partial charge in [-0.15, -0.1) is 0 Å². The van der Waals surface area contributed by atoms with Gasteiger partial charge in [0.15, 0.2) is 0 Å². The van der Waals surface area contributed by atoms with Crippen LogP contribution >= 0.6 is 0 Å². The van der Waals surface area contributed by atoms with Crippen molar-refractivity contribution in [1.29, 1.82) is 0 Å². The highest BCUT2D eigenvalue weighted by atomic mass is 32.2. The molecule has 2 aromatic carbocycles. The summed E-state index contributed by atoms with van der Waals surface area (Å²) in [5.41, 5.74) is 9.87.